The highest BCUT2D eigenvalue weighted by Crippen LogP contribution is 2.37. The third kappa shape index (κ3) is 7.53. The van der Waals surface area contributed by atoms with E-state index in [1.165, 1.54) is 17.8 Å². The lowest BCUT2D eigenvalue weighted by Gasteiger charge is -2.25. The number of aromatic nitrogens is 2. The monoisotopic (exact) mass is 651 g/mol. The van der Waals surface area contributed by atoms with Crippen LogP contribution in [0.15, 0.2) is 60.9 Å². The number of benzene rings is 3. The van der Waals surface area contributed by atoms with E-state index in [4.69, 9.17) is 35.7 Å². The van der Waals surface area contributed by atoms with Gasteiger partial charge in [-0.05, 0) is 54.3 Å². The van der Waals surface area contributed by atoms with Crippen LogP contribution < -0.4 is 24.3 Å². The number of rotatable bonds is 14. The summed E-state index contributed by atoms with van der Waals surface area (Å²) in [5.41, 5.74) is 3.49. The Labute approximate surface area is 270 Å². The number of nitrogens with one attached hydrogen (secondary N) is 1. The average Bonchev–Trinajstić information content (AvgIpc) is 3.49. The maximum Gasteiger partial charge on any atom is 0.326 e. The summed E-state index contributed by atoms with van der Waals surface area (Å²) in [5, 5.41) is 35.5. The lowest BCUT2D eigenvalue weighted by Crippen LogP contribution is -2.52. The quantitative estimate of drug-likeness (QED) is 0.152. The van der Waals surface area contributed by atoms with E-state index in [0.717, 1.165) is 28.0 Å². The number of aliphatic hydroxyl groups excluding tert-OH is 1. The van der Waals surface area contributed by atoms with Crippen molar-refractivity contribution in [3.05, 3.63) is 88.2 Å². The second-order valence-electron chi connectivity index (χ2n) is 11.0. The van der Waals surface area contributed by atoms with Crippen LogP contribution in [-0.4, -0.2) is 62.4 Å². The minimum Gasteiger partial charge on any atom is -0.488 e. The van der Waals surface area contributed by atoms with Gasteiger partial charge in [0.1, 0.15) is 50.0 Å². The fraction of sp³-hybridized carbons (Fsp3) is 0.303. The van der Waals surface area contributed by atoms with E-state index in [1.54, 1.807) is 18.3 Å². The summed E-state index contributed by atoms with van der Waals surface area (Å²) in [6.07, 6.45) is 3.06. The van der Waals surface area contributed by atoms with Gasteiger partial charge in [-0.2, -0.15) is 5.10 Å². The van der Waals surface area contributed by atoms with Crippen molar-refractivity contribution in [2.75, 3.05) is 19.8 Å². The number of carboxylic acids is 2. The highest BCUT2D eigenvalue weighted by atomic mass is 35.5. The Balaban J connectivity index is 1.37. The molecule has 0 radical (unpaired) electrons. The van der Waals surface area contributed by atoms with Crippen molar-refractivity contribution in [1.82, 2.24) is 15.1 Å². The molecule has 242 valence electrons. The van der Waals surface area contributed by atoms with Gasteiger partial charge in [0.05, 0.1) is 17.8 Å². The minimum atomic E-state index is -1.60. The SMILES string of the molecule is Cc1c(COc2cc(OCc3cnn(CC(=O)O)c3)c(CN[C@@](C)(CO)C(=O)O)cc2Cl)cccc1-c1ccc2c(c1)OCCO2. The molecular formula is C33H34ClN3O9. The third-order valence-electron chi connectivity index (χ3n) is 7.63. The highest BCUT2D eigenvalue weighted by molar-refractivity contribution is 6.32. The number of hydrogen-bond acceptors (Lipinski definition) is 9. The first-order chi connectivity index (χ1) is 22.1. The van der Waals surface area contributed by atoms with Gasteiger partial charge < -0.3 is 34.3 Å². The molecule has 0 saturated heterocycles. The Bertz CT molecular complexity index is 1740. The Hall–Kier alpha value is -4.78. The molecule has 0 unspecified atom stereocenters. The Morgan fingerprint density at radius 1 is 1.02 bits per heavy atom. The van der Waals surface area contributed by atoms with Gasteiger partial charge in [-0.15, -0.1) is 0 Å². The van der Waals surface area contributed by atoms with Crippen molar-refractivity contribution in [3.63, 3.8) is 0 Å². The fourth-order valence-electron chi connectivity index (χ4n) is 4.83. The molecule has 4 N–H and O–H groups in total. The van der Waals surface area contributed by atoms with Crippen LogP contribution in [0.25, 0.3) is 11.1 Å². The highest BCUT2D eigenvalue weighted by Gasteiger charge is 2.32. The van der Waals surface area contributed by atoms with E-state index in [0.29, 0.717) is 41.6 Å². The number of carboxylic acid groups (broad SMARTS) is 2. The van der Waals surface area contributed by atoms with E-state index >= 15 is 0 Å². The average molecular weight is 652 g/mol. The van der Waals surface area contributed by atoms with Crippen LogP contribution in [0.1, 0.15) is 29.2 Å². The lowest BCUT2D eigenvalue weighted by molar-refractivity contribution is -0.146. The van der Waals surface area contributed by atoms with E-state index in [1.807, 2.05) is 43.3 Å². The van der Waals surface area contributed by atoms with E-state index in [-0.39, 0.29) is 31.3 Å². The van der Waals surface area contributed by atoms with E-state index in [2.05, 4.69) is 10.4 Å². The summed E-state index contributed by atoms with van der Waals surface area (Å²) in [6, 6.07) is 15.0. The molecule has 0 aliphatic carbocycles. The molecule has 1 aliphatic rings. The number of aliphatic carboxylic acids is 2. The Morgan fingerprint density at radius 3 is 2.52 bits per heavy atom. The first-order valence-electron chi connectivity index (χ1n) is 14.4. The molecule has 0 bridgehead atoms. The van der Waals surface area contributed by atoms with Crippen LogP contribution in [0, 0.1) is 6.92 Å². The molecule has 0 fully saturated rings. The predicted molar refractivity (Wildman–Crippen MR) is 168 cm³/mol. The van der Waals surface area contributed by atoms with Gasteiger partial charge in [0.25, 0.3) is 0 Å². The van der Waals surface area contributed by atoms with Gasteiger partial charge in [-0.3, -0.25) is 19.6 Å². The van der Waals surface area contributed by atoms with Crippen LogP contribution in [0.3, 0.4) is 0 Å². The number of fused-ring (bicyclic) bond motifs is 1. The molecule has 1 aliphatic heterocycles. The van der Waals surface area contributed by atoms with Crippen molar-refractivity contribution in [3.8, 4) is 34.1 Å². The number of carbonyl (C=O) groups is 2. The molecular weight excluding hydrogens is 618 g/mol. The summed E-state index contributed by atoms with van der Waals surface area (Å²) in [4.78, 5) is 22.8. The topological polar surface area (TPSA) is 162 Å². The van der Waals surface area contributed by atoms with Gasteiger partial charge in [0.15, 0.2) is 11.5 Å². The van der Waals surface area contributed by atoms with Gasteiger partial charge in [0, 0.05) is 29.9 Å². The zero-order valence-corrected chi connectivity index (χ0v) is 26.0. The zero-order chi connectivity index (χ0) is 32.8. The van der Waals surface area contributed by atoms with Gasteiger partial charge in [0.2, 0.25) is 0 Å². The van der Waals surface area contributed by atoms with Crippen LogP contribution in [0.2, 0.25) is 5.02 Å². The number of nitrogens with zero attached hydrogens (tertiary/aromatic N) is 2. The number of aliphatic hydroxyl groups is 1. The van der Waals surface area contributed by atoms with Crippen molar-refractivity contribution < 1.29 is 43.9 Å². The molecule has 1 atom stereocenters. The maximum absolute atomic E-state index is 11.7. The fourth-order valence-corrected chi connectivity index (χ4v) is 5.08. The second kappa shape index (κ2) is 14.1. The third-order valence-corrected chi connectivity index (χ3v) is 7.93. The van der Waals surface area contributed by atoms with Gasteiger partial charge >= 0.3 is 11.9 Å². The van der Waals surface area contributed by atoms with E-state index in [9.17, 15) is 19.8 Å². The molecule has 0 spiro atoms. The number of hydrogen-bond donors (Lipinski definition) is 4. The zero-order valence-electron chi connectivity index (χ0n) is 25.3. The van der Waals surface area contributed by atoms with Crippen molar-refractivity contribution >= 4 is 23.5 Å². The predicted octanol–water partition coefficient (Wildman–Crippen LogP) is 4.45. The summed E-state index contributed by atoms with van der Waals surface area (Å²) < 4.78 is 25.0. The molecule has 46 heavy (non-hydrogen) atoms. The number of halogens is 1. The van der Waals surface area contributed by atoms with Crippen LogP contribution in [0.5, 0.6) is 23.0 Å². The smallest absolute Gasteiger partial charge is 0.326 e. The molecule has 0 amide bonds. The molecule has 12 nitrogen and oxygen atoms in total. The van der Waals surface area contributed by atoms with Crippen LogP contribution >= 0.6 is 11.6 Å². The first kappa shape index (κ1) is 32.6. The molecule has 13 heteroatoms. The largest absolute Gasteiger partial charge is 0.488 e. The van der Waals surface area contributed by atoms with Crippen molar-refractivity contribution in [2.45, 2.75) is 45.7 Å². The summed E-state index contributed by atoms with van der Waals surface area (Å²) in [7, 11) is 0. The van der Waals surface area contributed by atoms with Crippen LogP contribution in [0.4, 0.5) is 0 Å². The molecule has 5 rings (SSSR count). The normalized spacial score (nSPS) is 13.6. The molecule has 0 saturated carbocycles. The van der Waals surface area contributed by atoms with Crippen molar-refractivity contribution in [2.24, 2.45) is 0 Å². The summed E-state index contributed by atoms with van der Waals surface area (Å²) >= 11 is 6.65. The lowest BCUT2D eigenvalue weighted by atomic mass is 9.96. The number of ether oxygens (including phenoxy) is 4. The summed E-state index contributed by atoms with van der Waals surface area (Å²) in [5.74, 6) is -0.129. The van der Waals surface area contributed by atoms with E-state index < -0.39 is 24.1 Å². The van der Waals surface area contributed by atoms with Crippen molar-refractivity contribution in [1.29, 1.82) is 0 Å². The maximum atomic E-state index is 11.7. The Kier molecular flexibility index (Phi) is 10.0. The Morgan fingerprint density at radius 2 is 1.78 bits per heavy atom. The van der Waals surface area contributed by atoms with Gasteiger partial charge in [-0.25, -0.2) is 0 Å². The van der Waals surface area contributed by atoms with Crippen LogP contribution in [-0.2, 0) is 35.9 Å². The molecule has 1 aromatic heterocycles. The molecule has 3 aromatic carbocycles. The first-order valence-corrected chi connectivity index (χ1v) is 14.8. The molecule has 4 aromatic rings. The molecule has 2 heterocycles. The summed E-state index contributed by atoms with van der Waals surface area (Å²) in [6.45, 7) is 3.72. The minimum absolute atomic E-state index is 0.00759. The van der Waals surface area contributed by atoms with Gasteiger partial charge in [-0.1, -0.05) is 35.9 Å². The second-order valence-corrected chi connectivity index (χ2v) is 11.4. The standard InChI is InChI=1S/C33H34ClN3O9/c1-20-23(4-3-5-25(20)22-6-7-27-30(11-22)44-9-8-43-27)18-46-29-12-28(45-17-21-13-36-37(15-21)16-31(39)40)24(10-26(29)34)14-35-33(2,19-38)32(41)42/h3-7,10-13,15,35,38H,8-9,14,16-19H2,1-2H3,(H,39,40)(H,41,42)/t33-/m0/s1.